The van der Waals surface area contributed by atoms with Crippen LogP contribution in [0, 0.1) is 0 Å². The molecule has 0 fully saturated rings. The molecule has 12 heavy (non-hydrogen) atoms. The van der Waals surface area contributed by atoms with Crippen molar-refractivity contribution in [3.63, 3.8) is 0 Å². The molecule has 0 saturated heterocycles. The molecule has 0 amide bonds. The quantitative estimate of drug-likeness (QED) is 0.704. The van der Waals surface area contributed by atoms with Gasteiger partial charge in [-0.15, -0.1) is 0 Å². The van der Waals surface area contributed by atoms with Crippen molar-refractivity contribution in [2.45, 2.75) is 6.04 Å². The van der Waals surface area contributed by atoms with E-state index in [9.17, 15) is 0 Å². The summed E-state index contributed by atoms with van der Waals surface area (Å²) >= 11 is 11.4. The monoisotopic (exact) mass is 207 g/mol. The third kappa shape index (κ3) is 1.84. The molecular formula is C6H7Cl2N3O. The van der Waals surface area contributed by atoms with Gasteiger partial charge < -0.3 is 10.8 Å². The fourth-order valence-corrected chi connectivity index (χ4v) is 1.35. The lowest BCUT2D eigenvalue weighted by Gasteiger charge is -2.09. The van der Waals surface area contributed by atoms with Crippen molar-refractivity contribution in [3.05, 3.63) is 22.2 Å². The zero-order chi connectivity index (χ0) is 9.14. The fourth-order valence-electron chi connectivity index (χ4n) is 0.752. The van der Waals surface area contributed by atoms with Crippen LogP contribution in [-0.2, 0) is 0 Å². The van der Waals surface area contributed by atoms with E-state index in [0.29, 0.717) is 5.56 Å². The molecule has 66 valence electrons. The molecule has 1 heterocycles. The van der Waals surface area contributed by atoms with Gasteiger partial charge in [-0.05, 0) is 0 Å². The lowest BCUT2D eigenvalue weighted by atomic mass is 10.2. The molecular weight excluding hydrogens is 201 g/mol. The Morgan fingerprint density at radius 1 is 1.42 bits per heavy atom. The predicted molar refractivity (Wildman–Crippen MR) is 46.1 cm³/mol. The summed E-state index contributed by atoms with van der Waals surface area (Å²) in [5.41, 5.74) is 5.88. The molecule has 6 heteroatoms. The van der Waals surface area contributed by atoms with Gasteiger partial charge >= 0.3 is 0 Å². The third-order valence-corrected chi connectivity index (χ3v) is 1.96. The van der Waals surface area contributed by atoms with Gasteiger partial charge in [-0.2, -0.15) is 0 Å². The minimum atomic E-state index is -0.633. The van der Waals surface area contributed by atoms with Gasteiger partial charge in [0.2, 0.25) is 0 Å². The first kappa shape index (κ1) is 9.67. The molecule has 1 rings (SSSR count). The van der Waals surface area contributed by atoms with Crippen molar-refractivity contribution in [1.82, 2.24) is 9.97 Å². The van der Waals surface area contributed by atoms with Gasteiger partial charge in [0, 0.05) is 5.56 Å². The summed E-state index contributed by atoms with van der Waals surface area (Å²) in [6.07, 6.45) is 1.23. The number of halogens is 2. The van der Waals surface area contributed by atoms with Crippen molar-refractivity contribution >= 4 is 23.2 Å². The number of nitrogens with two attached hydrogens (primary N) is 1. The fraction of sp³-hybridized carbons (Fsp3) is 0.333. The zero-order valence-corrected chi connectivity index (χ0v) is 7.55. The minimum Gasteiger partial charge on any atom is -0.394 e. The Morgan fingerprint density at radius 3 is 2.33 bits per heavy atom. The van der Waals surface area contributed by atoms with Gasteiger partial charge in [0.15, 0.2) is 0 Å². The number of rotatable bonds is 2. The topological polar surface area (TPSA) is 72.0 Å². The summed E-state index contributed by atoms with van der Waals surface area (Å²) in [6, 6.07) is -0.633. The molecule has 0 aliphatic carbocycles. The maximum Gasteiger partial charge on any atom is 0.138 e. The normalized spacial score (nSPS) is 13.0. The van der Waals surface area contributed by atoms with Crippen molar-refractivity contribution in [3.8, 4) is 0 Å². The van der Waals surface area contributed by atoms with Crippen LogP contribution in [-0.4, -0.2) is 21.7 Å². The maximum absolute atomic E-state index is 8.74. The van der Waals surface area contributed by atoms with E-state index in [4.69, 9.17) is 34.0 Å². The van der Waals surface area contributed by atoms with Gasteiger partial charge in [-0.25, -0.2) is 9.97 Å². The number of hydrogen-bond acceptors (Lipinski definition) is 4. The second kappa shape index (κ2) is 4.00. The maximum atomic E-state index is 8.74. The number of hydrogen-bond donors (Lipinski definition) is 2. The van der Waals surface area contributed by atoms with Crippen LogP contribution < -0.4 is 5.73 Å². The van der Waals surface area contributed by atoms with Crippen molar-refractivity contribution < 1.29 is 5.11 Å². The van der Waals surface area contributed by atoms with Gasteiger partial charge in [0.05, 0.1) is 12.6 Å². The van der Waals surface area contributed by atoms with Gasteiger partial charge in [-0.1, -0.05) is 23.2 Å². The van der Waals surface area contributed by atoms with Crippen LogP contribution in [0.5, 0.6) is 0 Å². The van der Waals surface area contributed by atoms with Crippen LogP contribution in [0.3, 0.4) is 0 Å². The molecule has 0 aliphatic heterocycles. The SMILES string of the molecule is NC(CO)c1c(Cl)ncnc1Cl. The lowest BCUT2D eigenvalue weighted by Crippen LogP contribution is -2.16. The molecule has 0 aliphatic rings. The van der Waals surface area contributed by atoms with E-state index in [1.165, 1.54) is 6.33 Å². The average molecular weight is 208 g/mol. The molecule has 0 bridgehead atoms. The highest BCUT2D eigenvalue weighted by molar-refractivity contribution is 6.34. The Bertz CT molecular complexity index is 261. The molecule has 3 N–H and O–H groups in total. The van der Waals surface area contributed by atoms with Crippen molar-refractivity contribution in [2.24, 2.45) is 5.73 Å². The van der Waals surface area contributed by atoms with Gasteiger partial charge in [0.1, 0.15) is 16.6 Å². The molecule has 4 nitrogen and oxygen atoms in total. The van der Waals surface area contributed by atoms with Crippen LogP contribution in [0.1, 0.15) is 11.6 Å². The van der Waals surface area contributed by atoms with E-state index in [1.807, 2.05) is 0 Å². The Morgan fingerprint density at radius 2 is 1.92 bits per heavy atom. The number of nitrogens with zero attached hydrogens (tertiary/aromatic N) is 2. The minimum absolute atomic E-state index is 0.177. The van der Waals surface area contributed by atoms with Crippen molar-refractivity contribution in [1.29, 1.82) is 0 Å². The van der Waals surface area contributed by atoms with Crippen LogP contribution in [0.25, 0.3) is 0 Å². The molecule has 0 spiro atoms. The van der Waals surface area contributed by atoms with E-state index >= 15 is 0 Å². The molecule has 1 unspecified atom stereocenters. The largest absolute Gasteiger partial charge is 0.394 e. The zero-order valence-electron chi connectivity index (χ0n) is 6.04. The van der Waals surface area contributed by atoms with E-state index < -0.39 is 6.04 Å². The summed E-state index contributed by atoms with van der Waals surface area (Å²) < 4.78 is 0. The molecule has 1 atom stereocenters. The van der Waals surface area contributed by atoms with Crippen molar-refractivity contribution in [2.75, 3.05) is 6.61 Å². The highest BCUT2D eigenvalue weighted by Crippen LogP contribution is 2.24. The smallest absolute Gasteiger partial charge is 0.138 e. The number of aliphatic hydroxyl groups excluding tert-OH is 1. The van der Waals surface area contributed by atoms with Crippen LogP contribution >= 0.6 is 23.2 Å². The van der Waals surface area contributed by atoms with Gasteiger partial charge in [0.25, 0.3) is 0 Å². The third-order valence-electron chi connectivity index (χ3n) is 1.35. The Hall–Kier alpha value is -0.420. The highest BCUT2D eigenvalue weighted by atomic mass is 35.5. The molecule has 1 aromatic heterocycles. The predicted octanol–water partition coefficient (Wildman–Crippen LogP) is 0.776. The van der Waals surface area contributed by atoms with E-state index in [1.54, 1.807) is 0 Å². The first-order valence-electron chi connectivity index (χ1n) is 3.19. The highest BCUT2D eigenvalue weighted by Gasteiger charge is 2.14. The molecule has 0 aromatic carbocycles. The summed E-state index contributed by atoms with van der Waals surface area (Å²) in [6.45, 7) is -0.243. The van der Waals surface area contributed by atoms with E-state index in [0.717, 1.165) is 0 Å². The van der Waals surface area contributed by atoms with Crippen LogP contribution in [0.4, 0.5) is 0 Å². The number of aromatic nitrogens is 2. The van der Waals surface area contributed by atoms with Crippen LogP contribution in [0.2, 0.25) is 10.3 Å². The molecule has 1 aromatic rings. The molecule has 0 radical (unpaired) electrons. The summed E-state index contributed by atoms with van der Waals surface area (Å²) in [4.78, 5) is 7.38. The van der Waals surface area contributed by atoms with Gasteiger partial charge in [-0.3, -0.25) is 0 Å². The molecule has 0 saturated carbocycles. The van der Waals surface area contributed by atoms with E-state index in [-0.39, 0.29) is 16.9 Å². The second-order valence-electron chi connectivity index (χ2n) is 2.16. The van der Waals surface area contributed by atoms with Crippen LogP contribution in [0.15, 0.2) is 6.33 Å². The first-order valence-corrected chi connectivity index (χ1v) is 3.94. The summed E-state index contributed by atoms with van der Waals surface area (Å²) in [5.74, 6) is 0. The second-order valence-corrected chi connectivity index (χ2v) is 2.87. The van der Waals surface area contributed by atoms with E-state index in [2.05, 4.69) is 9.97 Å². The summed E-state index contributed by atoms with van der Waals surface area (Å²) in [5, 5.41) is 9.09. The Kier molecular flexibility index (Phi) is 3.22. The Labute approximate surface area is 79.3 Å². The first-order chi connectivity index (χ1) is 5.66. The number of aliphatic hydroxyl groups is 1. The lowest BCUT2D eigenvalue weighted by molar-refractivity contribution is 0.267. The Balaban J connectivity index is 3.12. The average Bonchev–Trinajstić information content (AvgIpc) is 2.03. The summed E-state index contributed by atoms with van der Waals surface area (Å²) in [7, 11) is 0. The standard InChI is InChI=1S/C6H7Cl2N3O/c7-5-4(3(9)1-12)6(8)11-2-10-5/h2-3,12H,1,9H2.